The van der Waals surface area contributed by atoms with Crippen molar-refractivity contribution in [2.45, 2.75) is 13.8 Å². The molecule has 0 unspecified atom stereocenters. The number of nitrogens with two attached hydrogens (primary N) is 1. The summed E-state index contributed by atoms with van der Waals surface area (Å²) in [5.74, 6) is -1.17. The highest BCUT2D eigenvalue weighted by atomic mass is 16.6. The van der Waals surface area contributed by atoms with E-state index < -0.39 is 16.9 Å². The van der Waals surface area contributed by atoms with Crippen molar-refractivity contribution in [3.63, 3.8) is 0 Å². The molecular formula is C14H20N6O6. The highest BCUT2D eigenvalue weighted by Crippen LogP contribution is 2.17. The molecule has 2 rings (SSSR count). The lowest BCUT2D eigenvalue weighted by molar-refractivity contribution is -0.385. The number of nitrogens with zero attached hydrogens (tertiary/aromatic N) is 5. The zero-order valence-corrected chi connectivity index (χ0v) is 14.8. The Morgan fingerprint density at radius 1 is 1.08 bits per heavy atom. The molecule has 0 atom stereocenters. The molecule has 0 aromatic carbocycles. The number of aromatic nitrogens is 4. The molecule has 0 bridgehead atoms. The first-order valence-electron chi connectivity index (χ1n) is 7.52. The summed E-state index contributed by atoms with van der Waals surface area (Å²) in [5, 5.41) is 17.9. The molecular weight excluding hydrogens is 348 g/mol. The van der Waals surface area contributed by atoms with Crippen LogP contribution in [0.3, 0.4) is 0 Å². The van der Waals surface area contributed by atoms with E-state index in [9.17, 15) is 19.7 Å². The van der Waals surface area contributed by atoms with Crippen LogP contribution in [0.1, 0.15) is 34.8 Å². The van der Waals surface area contributed by atoms with Gasteiger partial charge in [-0.3, -0.25) is 19.5 Å². The van der Waals surface area contributed by atoms with E-state index in [0.717, 1.165) is 10.9 Å². The molecule has 0 amide bonds. The molecule has 26 heavy (non-hydrogen) atoms. The molecule has 2 aromatic rings. The number of ether oxygens (including phenoxy) is 2. The minimum Gasteiger partial charge on any atom is -0.461 e. The average molecular weight is 368 g/mol. The van der Waals surface area contributed by atoms with Crippen molar-refractivity contribution in [3.05, 3.63) is 33.9 Å². The summed E-state index contributed by atoms with van der Waals surface area (Å²) in [6.07, 6.45) is 2.44. The number of nitro groups is 1. The van der Waals surface area contributed by atoms with Gasteiger partial charge in [-0.2, -0.15) is 10.2 Å². The van der Waals surface area contributed by atoms with Crippen LogP contribution in [0, 0.1) is 10.1 Å². The molecule has 0 saturated heterocycles. The van der Waals surface area contributed by atoms with Crippen LogP contribution in [0.15, 0.2) is 12.4 Å². The summed E-state index contributed by atoms with van der Waals surface area (Å²) in [6.45, 7) is 3.87. The average Bonchev–Trinajstić information content (AvgIpc) is 3.11. The summed E-state index contributed by atoms with van der Waals surface area (Å²) >= 11 is 0. The third-order valence-electron chi connectivity index (χ3n) is 3.02. The van der Waals surface area contributed by atoms with Gasteiger partial charge in [0.1, 0.15) is 6.20 Å². The fourth-order valence-corrected chi connectivity index (χ4v) is 1.90. The van der Waals surface area contributed by atoms with E-state index >= 15 is 0 Å². The maximum absolute atomic E-state index is 11.3. The molecule has 12 nitrogen and oxygen atoms in total. The third kappa shape index (κ3) is 4.78. The Morgan fingerprint density at radius 2 is 1.54 bits per heavy atom. The Morgan fingerprint density at radius 3 is 1.96 bits per heavy atom. The van der Waals surface area contributed by atoms with E-state index in [0.29, 0.717) is 18.0 Å². The van der Waals surface area contributed by atoms with Crippen LogP contribution in [-0.4, -0.2) is 49.6 Å². The van der Waals surface area contributed by atoms with Gasteiger partial charge in [-0.05, 0) is 13.8 Å². The predicted molar refractivity (Wildman–Crippen MR) is 89.4 cm³/mol. The number of carbonyl (C=O) groups is 2. The summed E-state index contributed by atoms with van der Waals surface area (Å²) in [6, 6.07) is 0. The van der Waals surface area contributed by atoms with Gasteiger partial charge in [-0.1, -0.05) is 0 Å². The minimum absolute atomic E-state index is 0.142. The number of anilines is 1. The number of aryl methyl sites for hydroxylation is 2. The van der Waals surface area contributed by atoms with Gasteiger partial charge in [0.25, 0.3) is 0 Å². The number of nitrogen functional groups attached to an aromatic ring is 1. The molecule has 0 aliphatic carbocycles. The Kier molecular flexibility index (Phi) is 7.25. The minimum atomic E-state index is -0.737. The van der Waals surface area contributed by atoms with Gasteiger partial charge in [0.2, 0.25) is 5.69 Å². The van der Waals surface area contributed by atoms with Gasteiger partial charge in [0.15, 0.2) is 5.69 Å². The van der Waals surface area contributed by atoms with E-state index in [4.69, 9.17) is 10.5 Å². The quantitative estimate of drug-likeness (QED) is 0.455. The summed E-state index contributed by atoms with van der Waals surface area (Å²) in [4.78, 5) is 32.3. The van der Waals surface area contributed by atoms with Crippen LogP contribution in [0.5, 0.6) is 0 Å². The van der Waals surface area contributed by atoms with E-state index in [2.05, 4.69) is 14.9 Å². The highest BCUT2D eigenvalue weighted by Gasteiger charge is 2.26. The van der Waals surface area contributed by atoms with Crippen LogP contribution in [0.25, 0.3) is 0 Å². The van der Waals surface area contributed by atoms with Crippen molar-refractivity contribution in [1.82, 2.24) is 19.6 Å². The van der Waals surface area contributed by atoms with Crippen molar-refractivity contribution in [1.29, 1.82) is 0 Å². The monoisotopic (exact) mass is 368 g/mol. The van der Waals surface area contributed by atoms with Crippen molar-refractivity contribution in [2.24, 2.45) is 14.1 Å². The Balaban J connectivity index is 0.000000263. The van der Waals surface area contributed by atoms with Crippen LogP contribution in [-0.2, 0) is 23.6 Å². The first kappa shape index (κ1) is 20.6. The molecule has 0 saturated carbocycles. The number of carbonyl (C=O) groups excluding carboxylic acids is 2. The molecule has 142 valence electrons. The topological polar surface area (TPSA) is 157 Å². The molecule has 2 aromatic heterocycles. The second-order valence-electron chi connectivity index (χ2n) is 4.77. The number of hydrogen-bond donors (Lipinski definition) is 1. The lowest BCUT2D eigenvalue weighted by Crippen LogP contribution is -2.12. The van der Waals surface area contributed by atoms with Crippen LogP contribution in [0.2, 0.25) is 0 Å². The Bertz CT molecular complexity index is 776. The number of rotatable bonds is 5. The maximum Gasteiger partial charge on any atom is 0.363 e. The van der Waals surface area contributed by atoms with E-state index in [1.54, 1.807) is 20.9 Å². The van der Waals surface area contributed by atoms with Crippen molar-refractivity contribution in [2.75, 3.05) is 18.9 Å². The first-order chi connectivity index (χ1) is 12.2. The molecule has 0 fully saturated rings. The predicted octanol–water partition coefficient (Wildman–Crippen LogP) is 0.684. The van der Waals surface area contributed by atoms with Gasteiger partial charge in [0, 0.05) is 14.1 Å². The molecule has 2 heterocycles. The lowest BCUT2D eigenvalue weighted by Gasteiger charge is -2.01. The SMILES string of the molecule is CCOC(=O)c1c(N)cnn1C.CCOC(=O)c1c([N+](=O)[O-])cnn1C. The number of hydrogen-bond acceptors (Lipinski definition) is 9. The van der Waals surface area contributed by atoms with E-state index in [1.165, 1.54) is 17.9 Å². The third-order valence-corrected chi connectivity index (χ3v) is 3.02. The Hall–Kier alpha value is -3.44. The molecule has 0 aliphatic heterocycles. The largest absolute Gasteiger partial charge is 0.461 e. The summed E-state index contributed by atoms with van der Waals surface area (Å²) < 4.78 is 11.9. The molecule has 12 heteroatoms. The van der Waals surface area contributed by atoms with Gasteiger partial charge in [-0.15, -0.1) is 0 Å². The Labute approximate surface area is 148 Å². The van der Waals surface area contributed by atoms with Gasteiger partial charge < -0.3 is 15.2 Å². The van der Waals surface area contributed by atoms with Crippen molar-refractivity contribution >= 4 is 23.3 Å². The smallest absolute Gasteiger partial charge is 0.363 e. The first-order valence-corrected chi connectivity index (χ1v) is 7.52. The molecule has 0 radical (unpaired) electrons. The van der Waals surface area contributed by atoms with Crippen LogP contribution in [0.4, 0.5) is 11.4 Å². The van der Waals surface area contributed by atoms with Crippen molar-refractivity contribution < 1.29 is 24.0 Å². The van der Waals surface area contributed by atoms with E-state index in [1.807, 2.05) is 0 Å². The van der Waals surface area contributed by atoms with Gasteiger partial charge in [0.05, 0.1) is 30.0 Å². The molecule has 0 aliphatic rings. The van der Waals surface area contributed by atoms with Crippen molar-refractivity contribution in [3.8, 4) is 0 Å². The molecule has 0 spiro atoms. The highest BCUT2D eigenvalue weighted by molar-refractivity contribution is 5.93. The summed E-state index contributed by atoms with van der Waals surface area (Å²) in [5.41, 5.74) is 5.65. The van der Waals surface area contributed by atoms with E-state index in [-0.39, 0.29) is 18.0 Å². The fraction of sp³-hybridized carbons (Fsp3) is 0.429. The van der Waals surface area contributed by atoms with Crippen LogP contribution >= 0.6 is 0 Å². The van der Waals surface area contributed by atoms with Gasteiger partial charge >= 0.3 is 17.6 Å². The maximum atomic E-state index is 11.3. The fourth-order valence-electron chi connectivity index (χ4n) is 1.90. The second-order valence-corrected chi connectivity index (χ2v) is 4.77. The zero-order valence-electron chi connectivity index (χ0n) is 14.8. The summed E-state index contributed by atoms with van der Waals surface area (Å²) in [7, 11) is 3.09. The molecule has 2 N–H and O–H groups in total. The number of esters is 2. The van der Waals surface area contributed by atoms with Crippen LogP contribution < -0.4 is 5.73 Å². The normalized spacial score (nSPS) is 9.85. The van der Waals surface area contributed by atoms with Gasteiger partial charge in [-0.25, -0.2) is 9.59 Å². The second kappa shape index (κ2) is 9.15. The lowest BCUT2D eigenvalue weighted by atomic mass is 10.4. The zero-order chi connectivity index (χ0) is 19.9. The standard InChI is InChI=1S/C7H9N3O4.C7H11N3O2/c1-3-14-7(11)6-5(10(12)13)4-8-9(6)2;1-3-12-7(11)6-5(8)4-9-10(6)2/h4H,3H2,1-2H3;4H,3,8H2,1-2H3.